The minimum absolute atomic E-state index is 0.0436. The number of halogens is 1. The van der Waals surface area contributed by atoms with E-state index in [0.29, 0.717) is 25.6 Å². The lowest BCUT2D eigenvalue weighted by molar-refractivity contribution is -0.384. The molecule has 108 valence electrons. The molecule has 20 heavy (non-hydrogen) atoms. The summed E-state index contributed by atoms with van der Waals surface area (Å²) in [5.74, 6) is 0.0436. The van der Waals surface area contributed by atoms with Crippen molar-refractivity contribution in [1.29, 1.82) is 0 Å². The van der Waals surface area contributed by atoms with E-state index in [4.69, 9.17) is 11.6 Å². The molecule has 1 aromatic carbocycles. The number of amides is 1. The molecule has 0 bridgehead atoms. The first-order valence-electron chi connectivity index (χ1n) is 6.49. The molecule has 1 aromatic rings. The lowest BCUT2D eigenvalue weighted by Gasteiger charge is -2.06. The van der Waals surface area contributed by atoms with Crippen molar-refractivity contribution < 1.29 is 9.72 Å². The highest BCUT2D eigenvalue weighted by molar-refractivity contribution is 6.32. The summed E-state index contributed by atoms with van der Waals surface area (Å²) in [5.41, 5.74) is 0.668. The van der Waals surface area contributed by atoms with Crippen LogP contribution in [0.15, 0.2) is 18.2 Å². The second kappa shape index (κ2) is 6.67. The van der Waals surface area contributed by atoms with Gasteiger partial charge in [-0.1, -0.05) is 17.7 Å². The third-order valence-corrected chi connectivity index (χ3v) is 3.33. The number of nitro benzene ring substituents is 1. The number of nitrogens with zero attached hydrogens (tertiary/aromatic N) is 1. The van der Waals surface area contributed by atoms with Crippen molar-refractivity contribution in [2.24, 2.45) is 0 Å². The van der Waals surface area contributed by atoms with Crippen LogP contribution in [0.25, 0.3) is 0 Å². The molecule has 2 N–H and O–H groups in total. The van der Waals surface area contributed by atoms with E-state index in [1.54, 1.807) is 6.07 Å². The van der Waals surface area contributed by atoms with Crippen LogP contribution >= 0.6 is 11.6 Å². The SMILES string of the molecule is O=C(CCNCc1ccc(Cl)c([N+](=O)[O-])c1)NC1CC1. The highest BCUT2D eigenvalue weighted by atomic mass is 35.5. The second-order valence-corrected chi connectivity index (χ2v) is 5.22. The Labute approximate surface area is 121 Å². The van der Waals surface area contributed by atoms with E-state index in [2.05, 4.69) is 10.6 Å². The van der Waals surface area contributed by atoms with Gasteiger partial charge in [0.2, 0.25) is 5.91 Å². The van der Waals surface area contributed by atoms with Gasteiger partial charge in [0.25, 0.3) is 5.69 Å². The smallest absolute Gasteiger partial charge is 0.288 e. The van der Waals surface area contributed by atoms with E-state index >= 15 is 0 Å². The Morgan fingerprint density at radius 2 is 2.20 bits per heavy atom. The van der Waals surface area contributed by atoms with E-state index in [-0.39, 0.29) is 16.6 Å². The van der Waals surface area contributed by atoms with Crippen molar-refractivity contribution in [2.75, 3.05) is 6.54 Å². The van der Waals surface area contributed by atoms with Gasteiger partial charge in [-0.25, -0.2) is 0 Å². The number of hydrogen-bond donors (Lipinski definition) is 2. The van der Waals surface area contributed by atoms with Crippen LogP contribution in [0.1, 0.15) is 24.8 Å². The molecule has 0 aromatic heterocycles. The van der Waals surface area contributed by atoms with Gasteiger partial charge in [-0.15, -0.1) is 0 Å². The summed E-state index contributed by atoms with van der Waals surface area (Å²) in [4.78, 5) is 21.7. The molecule has 0 saturated heterocycles. The van der Waals surface area contributed by atoms with Gasteiger partial charge in [0.15, 0.2) is 0 Å². The van der Waals surface area contributed by atoms with Crippen LogP contribution in [-0.2, 0) is 11.3 Å². The van der Waals surface area contributed by atoms with Crippen molar-refractivity contribution in [2.45, 2.75) is 31.8 Å². The van der Waals surface area contributed by atoms with Crippen molar-refractivity contribution in [3.8, 4) is 0 Å². The number of hydrogen-bond acceptors (Lipinski definition) is 4. The quantitative estimate of drug-likeness (QED) is 0.458. The summed E-state index contributed by atoms with van der Waals surface area (Å²) < 4.78 is 0. The fourth-order valence-electron chi connectivity index (χ4n) is 1.77. The van der Waals surface area contributed by atoms with Crippen LogP contribution < -0.4 is 10.6 Å². The second-order valence-electron chi connectivity index (χ2n) is 4.81. The Kier molecular flexibility index (Phi) is 4.92. The molecule has 0 atom stereocenters. The number of nitro groups is 1. The minimum atomic E-state index is -0.505. The normalized spacial score (nSPS) is 14.1. The van der Waals surface area contributed by atoms with Crippen molar-refractivity contribution in [3.63, 3.8) is 0 Å². The van der Waals surface area contributed by atoms with Crippen molar-refractivity contribution in [1.82, 2.24) is 10.6 Å². The molecule has 0 radical (unpaired) electrons. The molecular weight excluding hydrogens is 282 g/mol. The van der Waals surface area contributed by atoms with Gasteiger partial charge in [-0.3, -0.25) is 14.9 Å². The van der Waals surface area contributed by atoms with Crippen LogP contribution in [0, 0.1) is 10.1 Å². The molecule has 1 aliphatic rings. The maximum Gasteiger partial charge on any atom is 0.288 e. The third-order valence-electron chi connectivity index (χ3n) is 3.01. The molecule has 1 aliphatic carbocycles. The average Bonchev–Trinajstić information content (AvgIpc) is 3.20. The molecule has 1 fully saturated rings. The van der Waals surface area contributed by atoms with Crippen molar-refractivity contribution in [3.05, 3.63) is 38.9 Å². The van der Waals surface area contributed by atoms with Gasteiger partial charge in [-0.05, 0) is 24.5 Å². The van der Waals surface area contributed by atoms with Gasteiger partial charge in [0.1, 0.15) is 5.02 Å². The molecule has 1 saturated carbocycles. The zero-order valence-electron chi connectivity index (χ0n) is 10.9. The molecule has 2 rings (SSSR count). The number of nitrogens with one attached hydrogen (secondary N) is 2. The molecule has 0 spiro atoms. The lowest BCUT2D eigenvalue weighted by Crippen LogP contribution is -2.29. The molecular formula is C13H16ClN3O3. The molecule has 0 aliphatic heterocycles. The van der Waals surface area contributed by atoms with E-state index < -0.39 is 4.92 Å². The summed E-state index contributed by atoms with van der Waals surface area (Å²) in [6.07, 6.45) is 2.56. The van der Waals surface area contributed by atoms with Crippen LogP contribution in [0.2, 0.25) is 5.02 Å². The topological polar surface area (TPSA) is 84.3 Å². The van der Waals surface area contributed by atoms with E-state index in [9.17, 15) is 14.9 Å². The Morgan fingerprint density at radius 3 is 2.85 bits per heavy atom. The van der Waals surface area contributed by atoms with Gasteiger partial charge in [0.05, 0.1) is 4.92 Å². The van der Waals surface area contributed by atoms with E-state index in [1.165, 1.54) is 12.1 Å². The highest BCUT2D eigenvalue weighted by Gasteiger charge is 2.22. The molecule has 0 unspecified atom stereocenters. The standard InChI is InChI=1S/C13H16ClN3O3/c14-11-4-1-9(7-12(11)17(19)20)8-15-6-5-13(18)16-10-2-3-10/h1,4,7,10,15H,2-3,5-6,8H2,(H,16,18). The molecule has 0 heterocycles. The predicted molar refractivity (Wildman–Crippen MR) is 75.6 cm³/mol. The van der Waals surface area contributed by atoms with Crippen LogP contribution in [0.3, 0.4) is 0 Å². The van der Waals surface area contributed by atoms with Gasteiger partial charge in [-0.2, -0.15) is 0 Å². The third kappa shape index (κ3) is 4.47. The number of benzene rings is 1. The molecule has 1 amide bonds. The highest BCUT2D eigenvalue weighted by Crippen LogP contribution is 2.24. The molecule has 7 heteroatoms. The van der Waals surface area contributed by atoms with E-state index in [1.807, 2.05) is 0 Å². The largest absolute Gasteiger partial charge is 0.353 e. The van der Waals surface area contributed by atoms with E-state index in [0.717, 1.165) is 18.4 Å². The average molecular weight is 298 g/mol. The van der Waals surface area contributed by atoms with Gasteiger partial charge >= 0.3 is 0 Å². The summed E-state index contributed by atoms with van der Waals surface area (Å²) in [7, 11) is 0. The maximum atomic E-state index is 11.4. The fraction of sp³-hybridized carbons (Fsp3) is 0.462. The predicted octanol–water partition coefficient (Wildman–Crippen LogP) is 2.01. The number of carbonyl (C=O) groups is 1. The summed E-state index contributed by atoms with van der Waals surface area (Å²) in [6.45, 7) is 1.00. The van der Waals surface area contributed by atoms with Crippen LogP contribution in [0.5, 0.6) is 0 Å². The minimum Gasteiger partial charge on any atom is -0.353 e. The maximum absolute atomic E-state index is 11.4. The van der Waals surface area contributed by atoms with Gasteiger partial charge < -0.3 is 10.6 Å². The lowest BCUT2D eigenvalue weighted by atomic mass is 10.2. The number of carbonyl (C=O) groups excluding carboxylic acids is 1. The Morgan fingerprint density at radius 1 is 1.45 bits per heavy atom. The first-order chi connectivity index (χ1) is 9.56. The fourth-order valence-corrected chi connectivity index (χ4v) is 1.96. The monoisotopic (exact) mass is 297 g/mol. The first-order valence-corrected chi connectivity index (χ1v) is 6.87. The molecule has 6 nitrogen and oxygen atoms in total. The number of rotatable bonds is 7. The summed E-state index contributed by atoms with van der Waals surface area (Å²) in [5, 5.41) is 16.9. The van der Waals surface area contributed by atoms with Crippen LogP contribution in [-0.4, -0.2) is 23.4 Å². The Balaban J connectivity index is 1.74. The zero-order valence-corrected chi connectivity index (χ0v) is 11.7. The summed E-state index contributed by atoms with van der Waals surface area (Å²) in [6, 6.07) is 5.06. The first kappa shape index (κ1) is 14.7. The zero-order chi connectivity index (χ0) is 14.5. The van der Waals surface area contributed by atoms with Crippen molar-refractivity contribution >= 4 is 23.2 Å². The Hall–Kier alpha value is -1.66. The summed E-state index contributed by atoms with van der Waals surface area (Å²) >= 11 is 5.73. The Bertz CT molecular complexity index is 518. The van der Waals surface area contributed by atoms with Gasteiger partial charge in [0, 0.05) is 31.6 Å². The van der Waals surface area contributed by atoms with Crippen LogP contribution in [0.4, 0.5) is 5.69 Å².